The number of benzene rings is 1. The van der Waals surface area contributed by atoms with Crippen LogP contribution in [0.2, 0.25) is 0 Å². The molecule has 0 bridgehead atoms. The fraction of sp³-hybridized carbons (Fsp3) is 0.154. The molecule has 0 aliphatic rings. The Hall–Kier alpha value is -0.722. The molecule has 0 amide bonds. The van der Waals surface area contributed by atoms with Gasteiger partial charge in [0.05, 0.1) is 0 Å². The summed E-state index contributed by atoms with van der Waals surface area (Å²) in [4.78, 5) is 4.48. The first-order chi connectivity index (χ1) is 7.24. The van der Waals surface area contributed by atoms with Crippen molar-refractivity contribution >= 4 is 31.6 Å². The molecule has 0 atom stereocenters. The van der Waals surface area contributed by atoms with Crippen LogP contribution in [0.4, 0.5) is 0 Å². The molecular formula is C13H10NPtS-. The van der Waals surface area contributed by atoms with Crippen LogP contribution < -0.4 is 0 Å². The van der Waals surface area contributed by atoms with Crippen molar-refractivity contribution in [1.82, 2.24) is 4.98 Å². The zero-order valence-corrected chi connectivity index (χ0v) is 12.1. The molecule has 2 heterocycles. The van der Waals surface area contributed by atoms with E-state index < -0.39 is 0 Å². The molecule has 1 nitrogen and oxygen atoms in total. The molecule has 0 N–H and O–H groups in total. The van der Waals surface area contributed by atoms with Gasteiger partial charge in [0, 0.05) is 37.5 Å². The Morgan fingerprint density at radius 2 is 1.88 bits per heavy atom. The van der Waals surface area contributed by atoms with E-state index >= 15 is 0 Å². The largest absolute Gasteiger partial charge is 0.303 e. The van der Waals surface area contributed by atoms with Crippen molar-refractivity contribution in [3.63, 3.8) is 0 Å². The van der Waals surface area contributed by atoms with Gasteiger partial charge in [-0.1, -0.05) is 11.6 Å². The molecule has 0 unspecified atom stereocenters. The first kappa shape index (κ1) is 11.8. The number of thiophene rings is 1. The second-order valence-corrected chi connectivity index (χ2v) is 4.96. The van der Waals surface area contributed by atoms with Gasteiger partial charge >= 0.3 is 0 Å². The van der Waals surface area contributed by atoms with Crippen LogP contribution in [0.3, 0.4) is 0 Å². The van der Waals surface area contributed by atoms with Gasteiger partial charge in [-0.25, -0.2) is 0 Å². The van der Waals surface area contributed by atoms with Gasteiger partial charge in [-0.05, 0) is 18.6 Å². The average Bonchev–Trinajstić information content (AvgIpc) is 2.53. The van der Waals surface area contributed by atoms with Crippen molar-refractivity contribution in [3.8, 4) is 0 Å². The zero-order chi connectivity index (χ0) is 10.4. The predicted molar refractivity (Wildman–Crippen MR) is 65.4 cm³/mol. The molecular weight excluding hydrogens is 397 g/mol. The zero-order valence-electron chi connectivity index (χ0n) is 8.98. The number of aromatic nitrogens is 1. The number of nitrogens with zero attached hydrogens (tertiary/aromatic N) is 1. The average molecular weight is 407 g/mol. The van der Waals surface area contributed by atoms with E-state index in [1.165, 1.54) is 20.5 Å². The minimum atomic E-state index is 0. The van der Waals surface area contributed by atoms with Crippen molar-refractivity contribution in [3.05, 3.63) is 41.6 Å². The minimum absolute atomic E-state index is 0. The summed E-state index contributed by atoms with van der Waals surface area (Å²) >= 11 is 1.80. The van der Waals surface area contributed by atoms with Gasteiger partial charge in [0.1, 0.15) is 0 Å². The Bertz CT molecular complexity index is 601. The molecule has 3 rings (SSSR count). The number of fused-ring (bicyclic) bond motifs is 3. The summed E-state index contributed by atoms with van der Waals surface area (Å²) in [5.74, 6) is 0. The maximum absolute atomic E-state index is 4.48. The molecule has 3 aromatic rings. The summed E-state index contributed by atoms with van der Waals surface area (Å²) in [5, 5.41) is 1.15. The van der Waals surface area contributed by atoms with Crippen molar-refractivity contribution in [1.29, 1.82) is 0 Å². The predicted octanol–water partition coefficient (Wildman–Crippen LogP) is 3.86. The molecule has 3 heteroatoms. The smallest absolute Gasteiger partial charge is 0.0191 e. The number of hydrogen-bond donors (Lipinski definition) is 0. The van der Waals surface area contributed by atoms with Crippen LogP contribution >= 0.6 is 11.3 Å². The minimum Gasteiger partial charge on any atom is -0.303 e. The Morgan fingerprint density at radius 1 is 1.12 bits per heavy atom. The maximum Gasteiger partial charge on any atom is 0.0191 e. The third-order valence-corrected chi connectivity index (χ3v) is 3.57. The van der Waals surface area contributed by atoms with Gasteiger partial charge in [-0.2, -0.15) is 11.3 Å². The standard InChI is InChI=1S/C13H10NS.Pt/c1-8-3-4-10-11(5-8)15-12-6-9(2)7-14-13(10)12;/h3,5-7H,1-2H3;/q-1;. The third kappa shape index (κ3) is 1.81. The van der Waals surface area contributed by atoms with Crippen LogP contribution in [0.1, 0.15) is 11.1 Å². The molecule has 0 spiro atoms. The van der Waals surface area contributed by atoms with Gasteiger partial charge in [0.15, 0.2) is 0 Å². The van der Waals surface area contributed by atoms with E-state index in [2.05, 4.69) is 37.0 Å². The summed E-state index contributed by atoms with van der Waals surface area (Å²) in [7, 11) is 0. The van der Waals surface area contributed by atoms with E-state index in [4.69, 9.17) is 0 Å². The monoisotopic (exact) mass is 407 g/mol. The van der Waals surface area contributed by atoms with Gasteiger partial charge in [-0.3, -0.25) is 0 Å². The first-order valence-electron chi connectivity index (χ1n) is 4.91. The SMILES string of the molecule is Cc1c[c-]c2c(c1)sc1cc(C)cnc12.[Pt]. The molecule has 0 radical (unpaired) electrons. The molecule has 1 aromatic carbocycles. The fourth-order valence-corrected chi connectivity index (χ4v) is 3.01. The summed E-state index contributed by atoms with van der Waals surface area (Å²) in [6.07, 6.45) is 1.92. The third-order valence-electron chi connectivity index (χ3n) is 2.50. The van der Waals surface area contributed by atoms with Gasteiger partial charge < -0.3 is 4.98 Å². The van der Waals surface area contributed by atoms with Crippen LogP contribution in [-0.4, -0.2) is 4.98 Å². The number of rotatable bonds is 0. The molecule has 0 fully saturated rings. The summed E-state index contributed by atoms with van der Waals surface area (Å²) < 4.78 is 2.54. The van der Waals surface area contributed by atoms with Crippen molar-refractivity contribution in [2.75, 3.05) is 0 Å². The van der Waals surface area contributed by atoms with Crippen LogP contribution in [0.25, 0.3) is 20.3 Å². The molecule has 0 saturated carbocycles. The van der Waals surface area contributed by atoms with E-state index in [0.717, 1.165) is 10.9 Å². The van der Waals surface area contributed by atoms with E-state index in [1.807, 2.05) is 12.3 Å². The Labute approximate surface area is 113 Å². The molecule has 2 aromatic heterocycles. The molecule has 84 valence electrons. The molecule has 0 aliphatic carbocycles. The van der Waals surface area contributed by atoms with Crippen molar-refractivity contribution in [2.45, 2.75) is 13.8 Å². The van der Waals surface area contributed by atoms with Crippen molar-refractivity contribution < 1.29 is 21.1 Å². The van der Waals surface area contributed by atoms with Gasteiger partial charge in [-0.15, -0.1) is 29.1 Å². The Morgan fingerprint density at radius 3 is 2.69 bits per heavy atom. The van der Waals surface area contributed by atoms with Crippen LogP contribution in [-0.2, 0) is 21.1 Å². The molecule has 0 aliphatic heterocycles. The fourth-order valence-electron chi connectivity index (χ4n) is 1.77. The normalized spacial score (nSPS) is 10.6. The van der Waals surface area contributed by atoms with Crippen LogP contribution in [0.5, 0.6) is 0 Å². The number of aryl methyl sites for hydroxylation is 2. The van der Waals surface area contributed by atoms with Gasteiger partial charge in [0.2, 0.25) is 0 Å². The second kappa shape index (κ2) is 4.27. The summed E-state index contributed by atoms with van der Waals surface area (Å²) in [5.41, 5.74) is 3.55. The van der Waals surface area contributed by atoms with Gasteiger partial charge in [0.25, 0.3) is 0 Å². The van der Waals surface area contributed by atoms with Crippen molar-refractivity contribution in [2.24, 2.45) is 0 Å². The Balaban J connectivity index is 0.000000963. The van der Waals surface area contributed by atoms with E-state index in [-0.39, 0.29) is 21.1 Å². The molecule has 16 heavy (non-hydrogen) atoms. The van der Waals surface area contributed by atoms with E-state index in [9.17, 15) is 0 Å². The molecule has 0 saturated heterocycles. The maximum atomic E-state index is 4.48. The van der Waals surface area contributed by atoms with Crippen LogP contribution in [0.15, 0.2) is 24.4 Å². The van der Waals surface area contributed by atoms with E-state index in [0.29, 0.717) is 0 Å². The van der Waals surface area contributed by atoms with Crippen LogP contribution in [0, 0.1) is 19.9 Å². The van der Waals surface area contributed by atoms with E-state index in [1.54, 1.807) is 11.3 Å². The second-order valence-electron chi connectivity index (χ2n) is 3.88. The first-order valence-corrected chi connectivity index (χ1v) is 5.73. The quantitative estimate of drug-likeness (QED) is 0.516. The topological polar surface area (TPSA) is 12.9 Å². The Kier molecular flexibility index (Phi) is 3.14. The summed E-state index contributed by atoms with van der Waals surface area (Å²) in [6, 6.07) is 9.73. The number of hydrogen-bond acceptors (Lipinski definition) is 2. The summed E-state index contributed by atoms with van der Waals surface area (Å²) in [6.45, 7) is 4.17. The number of pyridine rings is 1.